The van der Waals surface area contributed by atoms with Crippen LogP contribution in [-0.4, -0.2) is 11.6 Å². The molecule has 0 radical (unpaired) electrons. The van der Waals surface area contributed by atoms with Crippen LogP contribution in [0.4, 0.5) is 0 Å². The van der Waals surface area contributed by atoms with Crippen LogP contribution < -0.4 is 0 Å². The van der Waals surface area contributed by atoms with E-state index >= 15 is 0 Å². The zero-order chi connectivity index (χ0) is 14.3. The van der Waals surface area contributed by atoms with Gasteiger partial charge in [0.1, 0.15) is 5.60 Å². The second kappa shape index (κ2) is 4.91. The van der Waals surface area contributed by atoms with Crippen molar-refractivity contribution in [2.75, 3.05) is 0 Å². The highest BCUT2D eigenvalue weighted by Gasteiger charge is 2.26. The molecule has 0 unspecified atom stereocenters. The van der Waals surface area contributed by atoms with Gasteiger partial charge in [-0.2, -0.15) is 0 Å². The summed E-state index contributed by atoms with van der Waals surface area (Å²) in [5.41, 5.74) is 6.95. The molecule has 0 amide bonds. The zero-order valence-corrected chi connectivity index (χ0v) is 12.8. The van der Waals surface area contributed by atoms with E-state index in [-0.39, 0.29) is 5.97 Å². The van der Waals surface area contributed by atoms with Crippen LogP contribution in [0.25, 0.3) is 0 Å². The van der Waals surface area contributed by atoms with Crippen LogP contribution in [0.5, 0.6) is 0 Å². The maximum atomic E-state index is 12.1. The fourth-order valence-corrected chi connectivity index (χ4v) is 3.69. The molecule has 20 heavy (non-hydrogen) atoms. The van der Waals surface area contributed by atoms with E-state index in [0.717, 1.165) is 6.42 Å². The molecule has 0 spiro atoms. The first kappa shape index (κ1) is 13.7. The number of carbonyl (C=O) groups is 1. The Bertz CT molecular complexity index is 550. The Morgan fingerprint density at radius 3 is 2.45 bits per heavy atom. The zero-order valence-electron chi connectivity index (χ0n) is 12.8. The number of rotatable bonds is 2. The molecular weight excluding hydrogens is 248 g/mol. The highest BCUT2D eigenvalue weighted by Crippen LogP contribution is 2.36. The molecule has 0 atom stereocenters. The third kappa shape index (κ3) is 2.61. The van der Waals surface area contributed by atoms with Gasteiger partial charge in [-0.1, -0.05) is 6.07 Å². The largest absolute Gasteiger partial charge is 0.460 e. The molecule has 2 aliphatic carbocycles. The Balaban J connectivity index is 1.88. The van der Waals surface area contributed by atoms with Crippen LogP contribution in [-0.2, 0) is 41.6 Å². The first-order valence-electron chi connectivity index (χ1n) is 7.81. The van der Waals surface area contributed by atoms with Gasteiger partial charge in [-0.25, -0.2) is 0 Å². The van der Waals surface area contributed by atoms with Crippen molar-refractivity contribution < 1.29 is 9.53 Å². The van der Waals surface area contributed by atoms with Crippen LogP contribution in [0, 0.1) is 0 Å². The van der Waals surface area contributed by atoms with E-state index in [1.54, 1.807) is 11.1 Å². The van der Waals surface area contributed by atoms with Gasteiger partial charge in [-0.3, -0.25) is 4.79 Å². The van der Waals surface area contributed by atoms with Crippen LogP contribution in [0.15, 0.2) is 6.07 Å². The van der Waals surface area contributed by atoms with Crippen molar-refractivity contribution in [3.8, 4) is 0 Å². The van der Waals surface area contributed by atoms with E-state index in [0.29, 0.717) is 6.42 Å². The van der Waals surface area contributed by atoms with Crippen molar-refractivity contribution in [1.82, 2.24) is 0 Å². The lowest BCUT2D eigenvalue weighted by molar-refractivity contribution is -0.153. The quantitative estimate of drug-likeness (QED) is 0.770. The van der Waals surface area contributed by atoms with Crippen molar-refractivity contribution >= 4 is 5.97 Å². The number of hydrogen-bond donors (Lipinski definition) is 0. The van der Waals surface area contributed by atoms with E-state index in [9.17, 15) is 4.79 Å². The molecule has 0 bridgehead atoms. The number of esters is 1. The maximum absolute atomic E-state index is 12.1. The highest BCUT2D eigenvalue weighted by atomic mass is 16.6. The summed E-state index contributed by atoms with van der Waals surface area (Å²) in [6.07, 6.45) is 7.73. The first-order chi connectivity index (χ1) is 9.44. The second-order valence-electron chi connectivity index (χ2n) is 7.10. The lowest BCUT2D eigenvalue weighted by atomic mass is 9.93. The number of fused-ring (bicyclic) bond motifs is 3. The van der Waals surface area contributed by atoms with Crippen molar-refractivity contribution in [2.24, 2.45) is 0 Å². The topological polar surface area (TPSA) is 26.3 Å². The normalized spacial score (nSPS) is 16.9. The fourth-order valence-electron chi connectivity index (χ4n) is 3.69. The highest BCUT2D eigenvalue weighted by molar-refractivity contribution is 5.74. The Kier molecular flexibility index (Phi) is 3.35. The summed E-state index contributed by atoms with van der Waals surface area (Å²) < 4.78 is 5.48. The molecule has 0 fully saturated rings. The average molecular weight is 272 g/mol. The van der Waals surface area contributed by atoms with Crippen LogP contribution in [0.2, 0.25) is 0 Å². The van der Waals surface area contributed by atoms with E-state index in [1.165, 1.54) is 48.8 Å². The van der Waals surface area contributed by atoms with Gasteiger partial charge in [0.15, 0.2) is 0 Å². The Hall–Kier alpha value is -1.31. The van der Waals surface area contributed by atoms with Crippen molar-refractivity contribution in [3.05, 3.63) is 33.9 Å². The van der Waals surface area contributed by atoms with Gasteiger partial charge in [0.05, 0.1) is 6.42 Å². The summed E-state index contributed by atoms with van der Waals surface area (Å²) in [4.78, 5) is 12.1. The second-order valence-corrected chi connectivity index (χ2v) is 7.10. The molecule has 0 aliphatic heterocycles. The third-order valence-corrected chi connectivity index (χ3v) is 4.33. The molecule has 0 saturated heterocycles. The lowest BCUT2D eigenvalue weighted by Gasteiger charge is -2.20. The molecular formula is C18H24O2. The van der Waals surface area contributed by atoms with E-state index in [1.807, 2.05) is 20.8 Å². The minimum absolute atomic E-state index is 0.0930. The van der Waals surface area contributed by atoms with Crippen LogP contribution in [0.1, 0.15) is 61.4 Å². The summed E-state index contributed by atoms with van der Waals surface area (Å²) in [5, 5.41) is 0. The molecule has 0 saturated carbocycles. The van der Waals surface area contributed by atoms with Gasteiger partial charge < -0.3 is 4.74 Å². The summed E-state index contributed by atoms with van der Waals surface area (Å²) in [6, 6.07) is 2.29. The summed E-state index contributed by atoms with van der Waals surface area (Å²) in [7, 11) is 0. The molecule has 1 aromatic rings. The maximum Gasteiger partial charge on any atom is 0.310 e. The van der Waals surface area contributed by atoms with Crippen molar-refractivity contribution in [3.63, 3.8) is 0 Å². The van der Waals surface area contributed by atoms with E-state index < -0.39 is 5.60 Å². The summed E-state index contributed by atoms with van der Waals surface area (Å²) >= 11 is 0. The molecule has 0 heterocycles. The average Bonchev–Trinajstić information content (AvgIpc) is 2.92. The Labute approximate surface area is 121 Å². The molecule has 0 N–H and O–H groups in total. The fraction of sp³-hybridized carbons (Fsp3) is 0.611. The smallest absolute Gasteiger partial charge is 0.310 e. The predicted molar refractivity (Wildman–Crippen MR) is 80.0 cm³/mol. The van der Waals surface area contributed by atoms with Crippen LogP contribution >= 0.6 is 0 Å². The molecule has 2 nitrogen and oxygen atoms in total. The van der Waals surface area contributed by atoms with E-state index in [4.69, 9.17) is 4.74 Å². The standard InChI is InChI=1S/C18H24O2/c1-18(2,3)20-17(19)11-13-10-12-6-4-7-14(12)16-9-5-8-15(13)16/h10H,4-9,11H2,1-3H3. The first-order valence-corrected chi connectivity index (χ1v) is 7.81. The van der Waals surface area contributed by atoms with Gasteiger partial charge in [0.2, 0.25) is 0 Å². The summed E-state index contributed by atoms with van der Waals surface area (Å²) in [5.74, 6) is -0.0930. The summed E-state index contributed by atoms with van der Waals surface area (Å²) in [6.45, 7) is 5.79. The van der Waals surface area contributed by atoms with Gasteiger partial charge in [0, 0.05) is 0 Å². The van der Waals surface area contributed by atoms with Crippen LogP contribution in [0.3, 0.4) is 0 Å². The lowest BCUT2D eigenvalue weighted by Crippen LogP contribution is -2.25. The number of hydrogen-bond acceptors (Lipinski definition) is 2. The molecule has 1 aromatic carbocycles. The molecule has 2 aliphatic rings. The minimum atomic E-state index is -0.392. The van der Waals surface area contributed by atoms with Crippen molar-refractivity contribution in [1.29, 1.82) is 0 Å². The third-order valence-electron chi connectivity index (χ3n) is 4.33. The van der Waals surface area contributed by atoms with E-state index in [2.05, 4.69) is 6.07 Å². The molecule has 3 rings (SSSR count). The monoisotopic (exact) mass is 272 g/mol. The minimum Gasteiger partial charge on any atom is -0.460 e. The molecule has 108 valence electrons. The van der Waals surface area contributed by atoms with Gasteiger partial charge in [-0.05, 0) is 87.1 Å². The number of aryl methyl sites for hydroxylation is 1. The Morgan fingerprint density at radius 1 is 1.05 bits per heavy atom. The molecule has 0 aromatic heterocycles. The van der Waals surface area contributed by atoms with Crippen molar-refractivity contribution in [2.45, 2.75) is 71.3 Å². The number of benzene rings is 1. The number of ether oxygens (including phenoxy) is 1. The number of carbonyl (C=O) groups excluding carboxylic acids is 1. The Morgan fingerprint density at radius 2 is 1.70 bits per heavy atom. The predicted octanol–water partition coefficient (Wildman–Crippen LogP) is 3.55. The van der Waals surface area contributed by atoms with Gasteiger partial charge in [-0.15, -0.1) is 0 Å². The van der Waals surface area contributed by atoms with Gasteiger partial charge in [0.25, 0.3) is 0 Å². The SMILES string of the molecule is CC(C)(C)OC(=O)Cc1cc2c(c3c1CCC3)CCC2. The van der Waals surface area contributed by atoms with Gasteiger partial charge >= 0.3 is 5.97 Å². The molecule has 2 heteroatoms.